The number of carbonyl (C=O) groups excluding carboxylic acids is 2. The first-order chi connectivity index (χ1) is 15.6. The largest absolute Gasteiger partial charge is 0.321 e. The Morgan fingerprint density at radius 3 is 2.53 bits per heavy atom. The molecule has 2 aromatic heterocycles. The Hall–Kier alpha value is -4.33. The minimum absolute atomic E-state index is 0.0355. The smallest absolute Gasteiger partial charge is 0.271 e. The van der Waals surface area contributed by atoms with Gasteiger partial charge in [-0.1, -0.05) is 30.3 Å². The van der Waals surface area contributed by atoms with Crippen molar-refractivity contribution in [1.29, 1.82) is 0 Å². The highest BCUT2D eigenvalue weighted by atomic mass is 16.2. The zero-order chi connectivity index (χ0) is 22.1. The first-order valence-electron chi connectivity index (χ1n) is 10.2. The molecule has 8 heteroatoms. The molecule has 2 aromatic carbocycles. The Kier molecular flexibility index (Phi) is 4.95. The van der Waals surface area contributed by atoms with Crippen molar-refractivity contribution in [2.24, 2.45) is 5.10 Å². The zero-order valence-corrected chi connectivity index (χ0v) is 17.3. The molecular formula is C24H20N6O2. The number of hydrogen-bond acceptors (Lipinski definition) is 6. The second-order valence-corrected chi connectivity index (χ2v) is 7.54. The third-order valence-electron chi connectivity index (χ3n) is 5.34. The lowest BCUT2D eigenvalue weighted by Crippen LogP contribution is -2.33. The Morgan fingerprint density at radius 1 is 1.03 bits per heavy atom. The average Bonchev–Trinajstić information content (AvgIpc) is 3.45. The number of benzene rings is 2. The number of rotatable bonds is 5. The molecule has 0 radical (unpaired) electrons. The summed E-state index contributed by atoms with van der Waals surface area (Å²) in [6.07, 6.45) is 5.76. The van der Waals surface area contributed by atoms with Gasteiger partial charge < -0.3 is 5.32 Å². The summed E-state index contributed by atoms with van der Waals surface area (Å²) in [5.74, 6) is 0.271. The van der Waals surface area contributed by atoms with E-state index in [0.717, 1.165) is 16.9 Å². The van der Waals surface area contributed by atoms with E-state index in [9.17, 15) is 9.59 Å². The van der Waals surface area contributed by atoms with Crippen molar-refractivity contribution < 1.29 is 9.59 Å². The molecule has 1 unspecified atom stereocenters. The van der Waals surface area contributed by atoms with Gasteiger partial charge in [0.1, 0.15) is 11.8 Å². The minimum atomic E-state index is -0.482. The predicted octanol–water partition coefficient (Wildman–Crippen LogP) is 3.56. The van der Waals surface area contributed by atoms with Crippen LogP contribution in [0, 0.1) is 0 Å². The molecule has 0 saturated carbocycles. The highest BCUT2D eigenvalue weighted by Crippen LogP contribution is 2.26. The molecule has 0 spiro atoms. The van der Waals surface area contributed by atoms with Crippen LogP contribution < -0.4 is 10.3 Å². The summed E-state index contributed by atoms with van der Waals surface area (Å²) < 4.78 is 1.85. The normalized spacial score (nSPS) is 15.6. The van der Waals surface area contributed by atoms with E-state index in [1.54, 1.807) is 11.2 Å². The van der Waals surface area contributed by atoms with E-state index in [1.165, 1.54) is 6.92 Å². The number of Topliss-reactive ketones (excluding diaryl/α,β-unsaturated/α-hetero) is 1. The van der Waals surface area contributed by atoms with E-state index in [1.807, 2.05) is 77.5 Å². The minimum Gasteiger partial charge on any atom is -0.321 e. The number of ketones is 1. The number of nitrogens with zero attached hydrogens (tertiary/aromatic N) is 5. The molecule has 1 aliphatic heterocycles. The third kappa shape index (κ3) is 3.74. The van der Waals surface area contributed by atoms with Gasteiger partial charge in [0.25, 0.3) is 5.91 Å². The van der Waals surface area contributed by atoms with Crippen LogP contribution in [0.15, 0.2) is 84.4 Å². The van der Waals surface area contributed by atoms with Crippen molar-refractivity contribution in [3.05, 3.63) is 79.3 Å². The third-order valence-corrected chi connectivity index (χ3v) is 5.34. The predicted molar refractivity (Wildman–Crippen MR) is 122 cm³/mol. The van der Waals surface area contributed by atoms with Crippen LogP contribution in [-0.2, 0) is 9.59 Å². The SMILES string of the molecule is CC(=O)C1CC(C(=O)Nc2ccc(-c3cn4cccnc4n3)cc2)=NN1c1ccccc1. The number of para-hydroxylation sites is 1. The Bertz CT molecular complexity index is 1290. The molecule has 5 rings (SSSR count). The van der Waals surface area contributed by atoms with Crippen molar-refractivity contribution in [3.8, 4) is 11.3 Å². The summed E-state index contributed by atoms with van der Waals surface area (Å²) in [5, 5.41) is 8.94. The van der Waals surface area contributed by atoms with Gasteiger partial charge in [0, 0.05) is 36.3 Å². The van der Waals surface area contributed by atoms with E-state index in [4.69, 9.17) is 0 Å². The zero-order valence-electron chi connectivity index (χ0n) is 17.3. The van der Waals surface area contributed by atoms with Gasteiger partial charge in [-0.05, 0) is 37.3 Å². The Labute approximate surface area is 184 Å². The fourth-order valence-corrected chi connectivity index (χ4v) is 3.68. The second-order valence-electron chi connectivity index (χ2n) is 7.54. The number of aromatic nitrogens is 3. The van der Waals surface area contributed by atoms with Crippen molar-refractivity contribution in [1.82, 2.24) is 14.4 Å². The molecule has 1 atom stereocenters. The topological polar surface area (TPSA) is 92.0 Å². The molecule has 8 nitrogen and oxygen atoms in total. The molecule has 3 heterocycles. The van der Waals surface area contributed by atoms with Crippen LogP contribution >= 0.6 is 0 Å². The van der Waals surface area contributed by atoms with Crippen molar-refractivity contribution in [3.63, 3.8) is 0 Å². The first-order valence-corrected chi connectivity index (χ1v) is 10.2. The van der Waals surface area contributed by atoms with Gasteiger partial charge in [-0.3, -0.25) is 19.0 Å². The second kappa shape index (κ2) is 8.07. The van der Waals surface area contributed by atoms with Gasteiger partial charge in [0.15, 0.2) is 5.78 Å². The lowest BCUT2D eigenvalue weighted by atomic mass is 10.1. The van der Waals surface area contributed by atoms with Crippen molar-refractivity contribution in [2.45, 2.75) is 19.4 Å². The Morgan fingerprint density at radius 2 is 1.81 bits per heavy atom. The summed E-state index contributed by atoms with van der Waals surface area (Å²) in [7, 11) is 0. The number of fused-ring (bicyclic) bond motifs is 1. The van der Waals surface area contributed by atoms with Crippen LogP contribution in [0.4, 0.5) is 11.4 Å². The molecule has 0 fully saturated rings. The number of anilines is 2. The fraction of sp³-hybridized carbons (Fsp3) is 0.125. The lowest BCUT2D eigenvalue weighted by molar-refractivity contribution is -0.118. The highest BCUT2D eigenvalue weighted by molar-refractivity contribution is 6.44. The lowest BCUT2D eigenvalue weighted by Gasteiger charge is -2.20. The van der Waals surface area contributed by atoms with Gasteiger partial charge in [0.2, 0.25) is 5.78 Å². The number of hydrogen-bond donors (Lipinski definition) is 1. The van der Waals surface area contributed by atoms with E-state index in [0.29, 0.717) is 17.2 Å². The van der Waals surface area contributed by atoms with E-state index >= 15 is 0 Å². The molecule has 158 valence electrons. The van der Waals surface area contributed by atoms with Crippen LogP contribution in [0.3, 0.4) is 0 Å². The van der Waals surface area contributed by atoms with Crippen molar-refractivity contribution in [2.75, 3.05) is 10.3 Å². The van der Waals surface area contributed by atoms with E-state index < -0.39 is 6.04 Å². The fourth-order valence-electron chi connectivity index (χ4n) is 3.68. The molecule has 4 aromatic rings. The van der Waals surface area contributed by atoms with Crippen LogP contribution in [0.25, 0.3) is 17.0 Å². The molecule has 1 aliphatic rings. The van der Waals surface area contributed by atoms with Crippen LogP contribution in [0.1, 0.15) is 13.3 Å². The van der Waals surface area contributed by atoms with Gasteiger partial charge in [-0.2, -0.15) is 5.10 Å². The average molecular weight is 424 g/mol. The summed E-state index contributed by atoms with van der Waals surface area (Å²) in [5.41, 5.74) is 3.45. The van der Waals surface area contributed by atoms with Crippen LogP contribution in [0.5, 0.6) is 0 Å². The van der Waals surface area contributed by atoms with Crippen LogP contribution in [0.2, 0.25) is 0 Å². The molecule has 0 bridgehead atoms. The maximum Gasteiger partial charge on any atom is 0.271 e. The molecule has 32 heavy (non-hydrogen) atoms. The van der Waals surface area contributed by atoms with Gasteiger partial charge in [0.05, 0.1) is 11.4 Å². The quantitative estimate of drug-likeness (QED) is 0.529. The van der Waals surface area contributed by atoms with Gasteiger partial charge in [-0.25, -0.2) is 9.97 Å². The Balaban J connectivity index is 1.33. The highest BCUT2D eigenvalue weighted by Gasteiger charge is 2.34. The van der Waals surface area contributed by atoms with Crippen molar-refractivity contribution >= 4 is 34.6 Å². The van der Waals surface area contributed by atoms with Crippen LogP contribution in [-0.4, -0.2) is 37.8 Å². The number of hydrazone groups is 1. The first kappa shape index (κ1) is 19.6. The maximum atomic E-state index is 12.8. The molecule has 1 N–H and O–H groups in total. The molecule has 1 amide bonds. The number of amides is 1. The standard InChI is InChI=1S/C24H20N6O2/c1-16(31)22-14-20(28-30(22)19-6-3-2-4-7-19)23(32)26-18-10-8-17(9-11-18)21-15-29-13-5-12-25-24(29)27-21/h2-13,15,22H,14H2,1H3,(H,26,32). The number of imidazole rings is 1. The van der Waals surface area contributed by atoms with E-state index in [2.05, 4.69) is 20.4 Å². The molecule has 0 saturated heterocycles. The summed E-state index contributed by atoms with van der Waals surface area (Å²) >= 11 is 0. The number of nitrogens with one attached hydrogen (secondary N) is 1. The summed E-state index contributed by atoms with van der Waals surface area (Å²) in [4.78, 5) is 33.7. The summed E-state index contributed by atoms with van der Waals surface area (Å²) in [6, 6.07) is 18.2. The molecule has 0 aliphatic carbocycles. The molecular weight excluding hydrogens is 404 g/mol. The maximum absolute atomic E-state index is 12.8. The van der Waals surface area contributed by atoms with Gasteiger partial charge >= 0.3 is 0 Å². The van der Waals surface area contributed by atoms with E-state index in [-0.39, 0.29) is 18.1 Å². The monoisotopic (exact) mass is 424 g/mol. The summed E-state index contributed by atoms with van der Waals surface area (Å²) in [6.45, 7) is 1.52. The number of carbonyl (C=O) groups is 2. The van der Waals surface area contributed by atoms with Gasteiger partial charge in [-0.15, -0.1) is 0 Å².